The molecule has 0 amide bonds. The largest absolute Gasteiger partial charge is 0.345 e. The third-order valence-electron chi connectivity index (χ3n) is 10.4. The lowest BCUT2D eigenvalue weighted by Gasteiger charge is -2.41. The van der Waals surface area contributed by atoms with E-state index in [-0.39, 0.29) is 17.3 Å². The summed E-state index contributed by atoms with van der Waals surface area (Å²) < 4.78 is 0. The molecular weight excluding hydrogens is 568 g/mol. The summed E-state index contributed by atoms with van der Waals surface area (Å²) in [6.45, 7) is 21.8. The van der Waals surface area contributed by atoms with Gasteiger partial charge in [0.2, 0.25) is 0 Å². The maximum absolute atomic E-state index is 12.1. The lowest BCUT2D eigenvalue weighted by atomic mass is 9.63. The second-order valence-corrected chi connectivity index (χ2v) is 17.6. The number of carbonyl (C=O) groups is 2. The molecule has 0 aromatic heterocycles. The van der Waals surface area contributed by atoms with Crippen LogP contribution in [-0.2, 0) is 29.3 Å². The minimum Gasteiger partial charge on any atom is -0.301 e. The van der Waals surface area contributed by atoms with E-state index in [1.54, 1.807) is 0 Å². The van der Waals surface area contributed by atoms with E-state index >= 15 is 0 Å². The third kappa shape index (κ3) is 18.1. The molecule has 0 aromatic carbocycles. The Morgan fingerprint density at radius 3 is 1.64 bits per heavy atom. The summed E-state index contributed by atoms with van der Waals surface area (Å²) in [6.07, 6.45) is 21.0. The highest BCUT2D eigenvalue weighted by Gasteiger charge is 2.42. The van der Waals surface area contributed by atoms with Crippen molar-refractivity contribution < 1.29 is 34.5 Å². The summed E-state index contributed by atoms with van der Waals surface area (Å²) in [5, 5.41) is 13.7. The van der Waals surface area contributed by atoms with Crippen LogP contribution in [0.2, 0.25) is 0 Å². The van der Waals surface area contributed by atoms with Crippen molar-refractivity contribution in [1.29, 1.82) is 0 Å². The van der Waals surface area contributed by atoms with Crippen molar-refractivity contribution in [3.05, 3.63) is 0 Å². The number of hydrogen-bond donors (Lipinski definition) is 1. The highest BCUT2D eigenvalue weighted by atomic mass is 17.5. The van der Waals surface area contributed by atoms with Gasteiger partial charge in [0.1, 0.15) is 5.60 Å². The fourth-order valence-electron chi connectivity index (χ4n) is 7.14. The van der Waals surface area contributed by atoms with E-state index in [0.717, 1.165) is 57.8 Å². The van der Waals surface area contributed by atoms with E-state index < -0.39 is 11.6 Å². The van der Waals surface area contributed by atoms with Gasteiger partial charge in [0.15, 0.2) is 0 Å². The second-order valence-electron chi connectivity index (χ2n) is 17.6. The first kappa shape index (κ1) is 41.8. The first-order chi connectivity index (χ1) is 20.9. The number of unbranched alkanes of at least 4 members (excludes halogenated alkanes) is 3. The van der Waals surface area contributed by atoms with Crippen molar-refractivity contribution in [2.45, 2.75) is 197 Å². The van der Waals surface area contributed by atoms with Gasteiger partial charge in [-0.1, -0.05) is 120 Å². The van der Waals surface area contributed by atoms with E-state index in [0.29, 0.717) is 29.1 Å². The van der Waals surface area contributed by atoms with Crippen LogP contribution in [0.25, 0.3) is 0 Å². The number of rotatable bonds is 16. The minimum absolute atomic E-state index is 0.0953. The first-order valence-corrected chi connectivity index (χ1v) is 18.3. The molecule has 1 unspecified atom stereocenters. The SMILES string of the molecule is CC(C)(C)CCCCC(C(=O)OO)C(C)(C)C1CCCCC1.CC(C)(C)CCCCCC(=O)OOOC(C)(C)C1CCCCC1. The van der Waals surface area contributed by atoms with Crippen molar-refractivity contribution in [2.75, 3.05) is 0 Å². The summed E-state index contributed by atoms with van der Waals surface area (Å²) >= 11 is 0. The molecule has 2 aliphatic rings. The Morgan fingerprint density at radius 1 is 0.667 bits per heavy atom. The normalized spacial score (nSPS) is 18.1. The molecule has 0 aromatic rings. The predicted molar refractivity (Wildman–Crippen MR) is 182 cm³/mol. The molecule has 0 spiro atoms. The molecule has 266 valence electrons. The van der Waals surface area contributed by atoms with Gasteiger partial charge in [0, 0.05) is 6.42 Å². The van der Waals surface area contributed by atoms with E-state index in [1.807, 2.05) is 13.8 Å². The lowest BCUT2D eigenvalue weighted by molar-refractivity contribution is -0.522. The lowest BCUT2D eigenvalue weighted by Crippen LogP contribution is -2.39. The van der Waals surface area contributed by atoms with Crippen LogP contribution in [0, 0.1) is 34.0 Å². The molecule has 0 aliphatic heterocycles. The number of carbonyl (C=O) groups excluding carboxylic acids is 2. The molecular formula is C38H72O7. The minimum atomic E-state index is -0.439. The van der Waals surface area contributed by atoms with Gasteiger partial charge in [-0.25, -0.2) is 9.59 Å². The molecule has 0 heterocycles. The molecule has 1 N–H and O–H groups in total. The Hall–Kier alpha value is -1.18. The molecule has 2 fully saturated rings. The fourth-order valence-corrected chi connectivity index (χ4v) is 7.14. The quantitative estimate of drug-likeness (QED) is 0.102. The van der Waals surface area contributed by atoms with Crippen LogP contribution < -0.4 is 0 Å². The van der Waals surface area contributed by atoms with Gasteiger partial charge in [-0.05, 0) is 98.3 Å². The van der Waals surface area contributed by atoms with E-state index in [2.05, 4.69) is 60.3 Å². The van der Waals surface area contributed by atoms with Crippen LogP contribution in [0.3, 0.4) is 0 Å². The monoisotopic (exact) mass is 641 g/mol. The van der Waals surface area contributed by atoms with Gasteiger partial charge in [-0.15, -0.1) is 0 Å². The van der Waals surface area contributed by atoms with Crippen LogP contribution in [0.4, 0.5) is 0 Å². The van der Waals surface area contributed by atoms with Crippen LogP contribution in [0.1, 0.15) is 191 Å². The van der Waals surface area contributed by atoms with Crippen molar-refractivity contribution in [3.63, 3.8) is 0 Å². The van der Waals surface area contributed by atoms with Crippen LogP contribution >= 0.6 is 0 Å². The van der Waals surface area contributed by atoms with Crippen molar-refractivity contribution in [2.24, 2.45) is 34.0 Å². The molecule has 0 saturated heterocycles. The zero-order chi connectivity index (χ0) is 34.2. The molecule has 0 radical (unpaired) electrons. The Kier molecular flexibility index (Phi) is 18.8. The van der Waals surface area contributed by atoms with Gasteiger partial charge in [0.05, 0.1) is 5.92 Å². The highest BCUT2D eigenvalue weighted by molar-refractivity contribution is 5.72. The highest BCUT2D eigenvalue weighted by Crippen LogP contribution is 2.45. The van der Waals surface area contributed by atoms with Crippen molar-refractivity contribution in [1.82, 2.24) is 0 Å². The van der Waals surface area contributed by atoms with Gasteiger partial charge < -0.3 is 4.89 Å². The first-order valence-electron chi connectivity index (χ1n) is 18.3. The summed E-state index contributed by atoms with van der Waals surface area (Å²) in [5.74, 6) is 0.0485. The standard InChI is InChI=1S/C19H36O4.C19H36O3/c1-18(2,3)15-11-7-10-14-17(20)21-23-22-19(4,5)16-12-8-6-9-13-16;1-18(2,3)14-10-9-13-16(17(20)22-21)19(4,5)15-11-7-6-8-12-15/h16H,6-15H2,1-5H3;15-16,21H,6-14H2,1-5H3. The van der Waals surface area contributed by atoms with Crippen LogP contribution in [0.15, 0.2) is 0 Å². The van der Waals surface area contributed by atoms with Gasteiger partial charge in [0.25, 0.3) is 0 Å². The molecule has 45 heavy (non-hydrogen) atoms. The summed E-state index contributed by atoms with van der Waals surface area (Å²) in [4.78, 5) is 38.0. The predicted octanol–water partition coefficient (Wildman–Crippen LogP) is 11.6. The molecule has 7 nitrogen and oxygen atoms in total. The maximum Gasteiger partial charge on any atom is 0.345 e. The van der Waals surface area contributed by atoms with Crippen molar-refractivity contribution in [3.8, 4) is 0 Å². The average Bonchev–Trinajstić information content (AvgIpc) is 2.96. The molecule has 2 saturated carbocycles. The van der Waals surface area contributed by atoms with Crippen molar-refractivity contribution >= 4 is 11.9 Å². The van der Waals surface area contributed by atoms with E-state index in [9.17, 15) is 9.59 Å². The third-order valence-corrected chi connectivity index (χ3v) is 10.4. The maximum atomic E-state index is 12.1. The molecule has 0 bridgehead atoms. The fraction of sp³-hybridized carbons (Fsp3) is 0.947. The summed E-state index contributed by atoms with van der Waals surface area (Å²) in [7, 11) is 0. The topological polar surface area (TPSA) is 91.3 Å². The van der Waals surface area contributed by atoms with Gasteiger partial charge >= 0.3 is 11.9 Å². The summed E-state index contributed by atoms with van der Waals surface area (Å²) in [6, 6.07) is 0. The second kappa shape index (κ2) is 20.2. The Bertz CT molecular complexity index is 809. The molecule has 7 heteroatoms. The van der Waals surface area contributed by atoms with Gasteiger partial charge in [-0.3, -0.25) is 4.89 Å². The van der Waals surface area contributed by atoms with Crippen LogP contribution in [0.5, 0.6) is 0 Å². The van der Waals surface area contributed by atoms with E-state index in [4.69, 9.17) is 20.1 Å². The zero-order valence-electron chi connectivity index (χ0n) is 31.1. The van der Waals surface area contributed by atoms with E-state index in [1.165, 1.54) is 57.8 Å². The molecule has 1 atom stereocenters. The Labute approximate surface area is 277 Å². The average molecular weight is 641 g/mol. The molecule has 2 rings (SSSR count). The summed E-state index contributed by atoms with van der Waals surface area (Å²) in [5.41, 5.74) is 0.198. The molecule has 2 aliphatic carbocycles. The number of hydrogen-bond acceptors (Lipinski definition) is 7. The smallest absolute Gasteiger partial charge is 0.301 e. The van der Waals surface area contributed by atoms with Crippen LogP contribution in [-0.4, -0.2) is 22.8 Å². The Balaban J connectivity index is 0.000000450. The Morgan fingerprint density at radius 2 is 1.16 bits per heavy atom. The van der Waals surface area contributed by atoms with Gasteiger partial charge in [-0.2, -0.15) is 10.1 Å². The zero-order valence-corrected chi connectivity index (χ0v) is 31.1.